The molecule has 1 rings (SSSR count). The van der Waals surface area contributed by atoms with Crippen molar-refractivity contribution in [1.82, 2.24) is 9.71 Å². The third kappa shape index (κ3) is 5.94. The molecule has 0 radical (unpaired) electrons. The molecular weight excluding hydrogens is 322 g/mol. The number of halogens is 3. The van der Waals surface area contributed by atoms with Crippen molar-refractivity contribution in [3.05, 3.63) is 22.8 Å². The smallest absolute Gasteiger partial charge is 0.272 e. The second-order valence-electron chi connectivity index (χ2n) is 5.48. The minimum atomic E-state index is -2.59. The summed E-state index contributed by atoms with van der Waals surface area (Å²) in [4.78, 5) is 3.91. The predicted octanol–water partition coefficient (Wildman–Crippen LogP) is 3.49. The molecule has 0 aliphatic rings. The zero-order valence-corrected chi connectivity index (χ0v) is 13.9. The van der Waals surface area contributed by atoms with E-state index < -0.39 is 29.1 Å². The molecule has 0 aliphatic heterocycles. The van der Waals surface area contributed by atoms with Crippen LogP contribution >= 0.6 is 11.6 Å². The highest BCUT2D eigenvalue weighted by atomic mass is 35.5. The molecule has 1 aromatic rings. The molecule has 1 N–H and O–H groups in total. The zero-order chi connectivity index (χ0) is 16.2. The van der Waals surface area contributed by atoms with Crippen LogP contribution in [0.1, 0.15) is 39.3 Å². The highest BCUT2D eigenvalue weighted by Crippen LogP contribution is 2.26. The molecule has 0 saturated heterocycles. The van der Waals surface area contributed by atoms with E-state index in [1.807, 2.05) is 27.7 Å². The van der Waals surface area contributed by atoms with E-state index in [4.69, 9.17) is 16.3 Å². The fraction of sp³-hybridized carbons (Fsp3) is 0.615. The summed E-state index contributed by atoms with van der Waals surface area (Å²) in [5.74, 6) is -0.0372. The molecule has 0 amide bonds. The summed E-state index contributed by atoms with van der Waals surface area (Å²) < 4.78 is 43.5. The summed E-state index contributed by atoms with van der Waals surface area (Å²) in [6.07, 6.45) is -1.12. The van der Waals surface area contributed by atoms with Gasteiger partial charge in [0.25, 0.3) is 6.43 Å². The second-order valence-corrected chi connectivity index (χ2v) is 7.88. The molecule has 120 valence electrons. The lowest BCUT2D eigenvalue weighted by molar-refractivity contribution is 0.0796. The van der Waals surface area contributed by atoms with Crippen LogP contribution < -0.4 is 9.46 Å². The highest BCUT2D eigenvalue weighted by molar-refractivity contribution is 7.90. The van der Waals surface area contributed by atoms with Crippen molar-refractivity contribution in [2.75, 3.05) is 6.61 Å². The first-order valence-corrected chi connectivity index (χ1v) is 7.88. The van der Waals surface area contributed by atoms with Gasteiger partial charge >= 0.3 is 0 Å². The summed E-state index contributed by atoms with van der Waals surface area (Å²) in [5, 5.41) is 0.142. The molecule has 0 bridgehead atoms. The average Bonchev–Trinajstić information content (AvgIpc) is 2.35. The third-order valence-electron chi connectivity index (χ3n) is 2.51. The van der Waals surface area contributed by atoms with Crippen molar-refractivity contribution in [2.24, 2.45) is 0 Å². The Morgan fingerprint density at radius 1 is 1.48 bits per heavy atom. The summed E-state index contributed by atoms with van der Waals surface area (Å²) >= 11 is 4.71. The predicted molar refractivity (Wildman–Crippen MR) is 80.2 cm³/mol. The highest BCUT2D eigenvalue weighted by Gasteiger charge is 2.28. The van der Waals surface area contributed by atoms with Gasteiger partial charge in [0.2, 0.25) is 5.88 Å². The number of aromatic nitrogens is 1. The van der Waals surface area contributed by atoms with Gasteiger partial charge in [-0.1, -0.05) is 11.6 Å². The topological polar surface area (TPSA) is 57.2 Å². The standard InChI is InChI=1S/C13H19ClF2N2O2S/c1-8(18-21(19)13(2,3)4)9-5-10(14)12(17-6-9)20-7-11(15)16/h5-6,8,11,18H,7H2,1-4H3/t8?,21-/m1/s1. The van der Waals surface area contributed by atoms with Crippen LogP contribution in [0.25, 0.3) is 0 Å². The van der Waals surface area contributed by atoms with Crippen LogP contribution in [0.2, 0.25) is 5.02 Å². The number of nitrogens with zero attached hydrogens (tertiary/aromatic N) is 1. The molecule has 0 spiro atoms. The van der Waals surface area contributed by atoms with Gasteiger partial charge in [-0.3, -0.25) is 0 Å². The van der Waals surface area contributed by atoms with E-state index in [1.165, 1.54) is 6.20 Å². The number of hydrogen-bond donors (Lipinski definition) is 1. The molecule has 21 heavy (non-hydrogen) atoms. The Morgan fingerprint density at radius 2 is 2.10 bits per heavy atom. The Kier molecular flexibility index (Phi) is 6.65. The van der Waals surface area contributed by atoms with Crippen LogP contribution in [0.4, 0.5) is 8.78 Å². The molecule has 0 saturated carbocycles. The van der Waals surface area contributed by atoms with Gasteiger partial charge in [-0.05, 0) is 39.3 Å². The van der Waals surface area contributed by atoms with Crippen molar-refractivity contribution < 1.29 is 18.1 Å². The van der Waals surface area contributed by atoms with E-state index >= 15 is 0 Å². The van der Waals surface area contributed by atoms with Crippen LogP contribution in [-0.2, 0) is 11.4 Å². The maximum Gasteiger partial charge on any atom is 0.272 e. The SMILES string of the molecule is CC(N[S@+]([O-])C(C)(C)C)c1cnc(OCC(F)F)c(Cl)c1. The number of pyridine rings is 1. The number of alkyl halides is 2. The Labute approximate surface area is 131 Å². The summed E-state index contributed by atoms with van der Waals surface area (Å²) in [6, 6.07) is 1.31. The van der Waals surface area contributed by atoms with Crippen molar-refractivity contribution in [1.29, 1.82) is 0 Å². The lowest BCUT2D eigenvalue weighted by atomic mass is 10.2. The molecule has 0 fully saturated rings. The summed E-state index contributed by atoms with van der Waals surface area (Å²) in [5.41, 5.74) is 0.696. The number of rotatable bonds is 6. The molecule has 2 atom stereocenters. The van der Waals surface area contributed by atoms with Crippen molar-refractivity contribution in [3.63, 3.8) is 0 Å². The van der Waals surface area contributed by atoms with E-state index in [2.05, 4.69) is 9.71 Å². The third-order valence-corrected chi connectivity index (χ3v) is 4.47. The van der Waals surface area contributed by atoms with Crippen molar-refractivity contribution in [2.45, 2.75) is 44.9 Å². The monoisotopic (exact) mass is 340 g/mol. The molecule has 1 heterocycles. The fourth-order valence-electron chi connectivity index (χ4n) is 1.33. The van der Waals surface area contributed by atoms with Crippen molar-refractivity contribution in [3.8, 4) is 5.88 Å². The largest absolute Gasteiger partial charge is 0.598 e. The molecule has 0 aromatic carbocycles. The van der Waals surface area contributed by atoms with Crippen LogP contribution in [0, 0.1) is 0 Å². The van der Waals surface area contributed by atoms with E-state index in [1.54, 1.807) is 6.07 Å². The van der Waals surface area contributed by atoms with Crippen molar-refractivity contribution >= 4 is 23.0 Å². The van der Waals surface area contributed by atoms with Crippen LogP contribution in [0.3, 0.4) is 0 Å². The number of hydrogen-bond acceptors (Lipinski definition) is 4. The van der Waals surface area contributed by atoms with E-state index in [0.717, 1.165) is 0 Å². The first kappa shape index (κ1) is 18.4. The van der Waals surface area contributed by atoms with E-state index in [9.17, 15) is 13.3 Å². The Balaban J connectivity index is 2.74. The van der Waals surface area contributed by atoms with Crippen LogP contribution in [0.15, 0.2) is 12.3 Å². The minimum absolute atomic E-state index is 0.0372. The molecule has 1 aromatic heterocycles. The van der Waals surface area contributed by atoms with Gasteiger partial charge in [0.05, 0.1) is 6.04 Å². The first-order chi connectivity index (χ1) is 9.61. The average molecular weight is 341 g/mol. The van der Waals surface area contributed by atoms with Crippen LogP contribution in [0.5, 0.6) is 5.88 Å². The lowest BCUT2D eigenvalue weighted by Gasteiger charge is -2.26. The van der Waals surface area contributed by atoms with Gasteiger partial charge in [-0.2, -0.15) is 0 Å². The zero-order valence-electron chi connectivity index (χ0n) is 12.3. The minimum Gasteiger partial charge on any atom is -0.598 e. The van der Waals surface area contributed by atoms with Gasteiger partial charge in [0.1, 0.15) is 9.77 Å². The molecular formula is C13H19ClF2N2O2S. The first-order valence-electron chi connectivity index (χ1n) is 6.35. The van der Waals surface area contributed by atoms with Gasteiger partial charge in [0.15, 0.2) is 6.61 Å². The molecule has 8 heteroatoms. The van der Waals surface area contributed by atoms with Gasteiger partial charge < -0.3 is 9.29 Å². The number of nitrogens with one attached hydrogen (secondary N) is 1. The Morgan fingerprint density at radius 3 is 2.57 bits per heavy atom. The van der Waals surface area contributed by atoms with E-state index in [-0.39, 0.29) is 16.9 Å². The quantitative estimate of drug-likeness (QED) is 0.805. The molecule has 1 unspecified atom stereocenters. The summed E-state index contributed by atoms with van der Waals surface area (Å²) in [6.45, 7) is 6.63. The van der Waals surface area contributed by atoms with Crippen LogP contribution in [-0.4, -0.2) is 27.3 Å². The Hall–Kier alpha value is -0.630. The normalized spacial score (nSPS) is 15.1. The fourth-order valence-corrected chi connectivity index (χ4v) is 2.37. The van der Waals surface area contributed by atoms with Gasteiger partial charge in [-0.15, -0.1) is 4.72 Å². The summed E-state index contributed by atoms with van der Waals surface area (Å²) in [7, 11) is 0. The second kappa shape index (κ2) is 7.58. The molecule has 0 aliphatic carbocycles. The van der Waals surface area contributed by atoms with Gasteiger partial charge in [-0.25, -0.2) is 13.8 Å². The number of ether oxygens (including phenoxy) is 1. The molecule has 4 nitrogen and oxygen atoms in total. The maximum absolute atomic E-state index is 12.1. The maximum atomic E-state index is 12.1. The van der Waals surface area contributed by atoms with E-state index in [0.29, 0.717) is 5.56 Å². The lowest BCUT2D eigenvalue weighted by Crippen LogP contribution is -2.40. The Bertz CT molecular complexity index is 472. The van der Waals surface area contributed by atoms with Gasteiger partial charge in [0, 0.05) is 17.6 Å².